The lowest BCUT2D eigenvalue weighted by atomic mass is 10.2. The van der Waals surface area contributed by atoms with Gasteiger partial charge in [0.05, 0.1) is 18.7 Å². The van der Waals surface area contributed by atoms with Gasteiger partial charge in [0.25, 0.3) is 0 Å². The van der Waals surface area contributed by atoms with E-state index in [9.17, 15) is 4.79 Å². The number of rotatable bonds is 5. The Morgan fingerprint density at radius 3 is 2.60 bits per heavy atom. The van der Waals surface area contributed by atoms with Crippen molar-refractivity contribution in [2.75, 3.05) is 13.6 Å². The molecular weight excluding hydrogens is 252 g/mol. The first kappa shape index (κ1) is 14.2. The molecule has 2 aromatic heterocycles. The van der Waals surface area contributed by atoms with E-state index in [0.717, 1.165) is 23.5 Å². The quantitative estimate of drug-likeness (QED) is 0.830. The Labute approximate surface area is 119 Å². The number of amides is 1. The second-order valence-corrected chi connectivity index (χ2v) is 5.00. The maximum Gasteiger partial charge on any atom is 0.226 e. The summed E-state index contributed by atoms with van der Waals surface area (Å²) in [4.78, 5) is 17.8. The second kappa shape index (κ2) is 6.32. The molecule has 0 saturated heterocycles. The van der Waals surface area contributed by atoms with Crippen molar-refractivity contribution in [1.82, 2.24) is 19.7 Å². The van der Waals surface area contributed by atoms with Gasteiger partial charge in [0.1, 0.15) is 0 Å². The number of nitrogens with zero attached hydrogens (tertiary/aromatic N) is 4. The van der Waals surface area contributed by atoms with Crippen LogP contribution in [0.15, 0.2) is 30.6 Å². The minimum Gasteiger partial charge on any atom is -0.344 e. The molecule has 0 aliphatic heterocycles. The minimum absolute atomic E-state index is 0.109. The van der Waals surface area contributed by atoms with Crippen LogP contribution in [0.2, 0.25) is 0 Å². The first-order valence-corrected chi connectivity index (χ1v) is 6.70. The van der Waals surface area contributed by atoms with Crippen LogP contribution in [0.1, 0.15) is 17.0 Å². The average molecular weight is 272 g/mol. The summed E-state index contributed by atoms with van der Waals surface area (Å²) in [5.74, 6) is 0.109. The van der Waals surface area contributed by atoms with E-state index < -0.39 is 0 Å². The predicted molar refractivity (Wildman–Crippen MR) is 77.3 cm³/mol. The molecular formula is C15H20N4O. The first-order chi connectivity index (χ1) is 9.56. The fraction of sp³-hybridized carbons (Fsp3) is 0.400. The van der Waals surface area contributed by atoms with Crippen molar-refractivity contribution < 1.29 is 4.79 Å². The maximum atomic E-state index is 12.1. The van der Waals surface area contributed by atoms with E-state index in [1.165, 1.54) is 0 Å². The molecule has 0 atom stereocenters. The lowest BCUT2D eigenvalue weighted by molar-refractivity contribution is -0.129. The molecule has 2 heterocycles. The van der Waals surface area contributed by atoms with E-state index in [-0.39, 0.29) is 5.91 Å². The summed E-state index contributed by atoms with van der Waals surface area (Å²) >= 11 is 0. The predicted octanol–water partition coefficient (Wildman–Crippen LogP) is 1.60. The number of aromatic nitrogens is 3. The molecule has 5 heteroatoms. The van der Waals surface area contributed by atoms with Crippen LogP contribution < -0.4 is 0 Å². The van der Waals surface area contributed by atoms with Crippen molar-refractivity contribution >= 4 is 5.91 Å². The highest BCUT2D eigenvalue weighted by Gasteiger charge is 2.10. The Bertz CT molecular complexity index is 577. The zero-order chi connectivity index (χ0) is 14.5. The van der Waals surface area contributed by atoms with Gasteiger partial charge in [-0.25, -0.2) is 0 Å². The van der Waals surface area contributed by atoms with Crippen LogP contribution in [0.25, 0.3) is 0 Å². The Morgan fingerprint density at radius 2 is 2.00 bits per heavy atom. The third-order valence-corrected chi connectivity index (χ3v) is 3.28. The molecule has 0 bridgehead atoms. The molecule has 0 aliphatic rings. The largest absolute Gasteiger partial charge is 0.344 e. The molecule has 0 aliphatic carbocycles. The summed E-state index contributed by atoms with van der Waals surface area (Å²) in [5, 5.41) is 4.40. The normalized spacial score (nSPS) is 10.6. The highest BCUT2D eigenvalue weighted by molar-refractivity contribution is 5.78. The molecule has 0 radical (unpaired) electrons. The zero-order valence-corrected chi connectivity index (χ0v) is 12.2. The third-order valence-electron chi connectivity index (χ3n) is 3.28. The SMILES string of the molecule is Cc1cc(C)n(CCN(C)C(=O)Cc2ccncc2)n1. The van der Waals surface area contributed by atoms with Crippen molar-refractivity contribution in [3.05, 3.63) is 47.5 Å². The Hall–Kier alpha value is -2.17. The van der Waals surface area contributed by atoms with Gasteiger partial charge in [-0.3, -0.25) is 14.5 Å². The molecule has 2 rings (SSSR count). The number of carbonyl (C=O) groups excluding carboxylic acids is 1. The van der Waals surface area contributed by atoms with Crippen molar-refractivity contribution in [3.8, 4) is 0 Å². The van der Waals surface area contributed by atoms with Gasteiger partial charge in [0.15, 0.2) is 0 Å². The highest BCUT2D eigenvalue weighted by atomic mass is 16.2. The number of hydrogen-bond donors (Lipinski definition) is 0. The third kappa shape index (κ3) is 3.66. The average Bonchev–Trinajstić information content (AvgIpc) is 2.75. The summed E-state index contributed by atoms with van der Waals surface area (Å²) in [6.07, 6.45) is 3.83. The van der Waals surface area contributed by atoms with Crippen molar-refractivity contribution in [2.45, 2.75) is 26.8 Å². The molecule has 0 aromatic carbocycles. The number of aryl methyl sites for hydroxylation is 2. The standard InChI is InChI=1S/C15H20N4O/c1-12-10-13(2)19(17-12)9-8-18(3)15(20)11-14-4-6-16-7-5-14/h4-7,10H,8-9,11H2,1-3H3. The van der Waals surface area contributed by atoms with Gasteiger partial charge in [-0.15, -0.1) is 0 Å². The summed E-state index contributed by atoms with van der Waals surface area (Å²) in [6.45, 7) is 5.38. The summed E-state index contributed by atoms with van der Waals surface area (Å²) in [6, 6.07) is 5.78. The molecule has 0 N–H and O–H groups in total. The second-order valence-electron chi connectivity index (χ2n) is 5.00. The molecule has 106 valence electrons. The van der Waals surface area contributed by atoms with Crippen LogP contribution in [0.5, 0.6) is 0 Å². The van der Waals surface area contributed by atoms with Crippen LogP contribution in [0, 0.1) is 13.8 Å². The fourth-order valence-electron chi connectivity index (χ4n) is 2.08. The Balaban J connectivity index is 1.87. The summed E-state index contributed by atoms with van der Waals surface area (Å²) in [5.41, 5.74) is 3.12. The number of hydrogen-bond acceptors (Lipinski definition) is 3. The van der Waals surface area contributed by atoms with Crippen LogP contribution in [0.4, 0.5) is 0 Å². The van der Waals surface area contributed by atoms with Gasteiger partial charge in [-0.1, -0.05) is 0 Å². The molecule has 0 spiro atoms. The lowest BCUT2D eigenvalue weighted by Gasteiger charge is -2.17. The van der Waals surface area contributed by atoms with Gasteiger partial charge in [-0.05, 0) is 37.6 Å². The fourth-order valence-corrected chi connectivity index (χ4v) is 2.08. The highest BCUT2D eigenvalue weighted by Crippen LogP contribution is 2.03. The molecule has 0 saturated carbocycles. The lowest BCUT2D eigenvalue weighted by Crippen LogP contribution is -2.31. The summed E-state index contributed by atoms with van der Waals surface area (Å²) in [7, 11) is 1.83. The van der Waals surface area contributed by atoms with Crippen LogP contribution in [0.3, 0.4) is 0 Å². The molecule has 0 unspecified atom stereocenters. The summed E-state index contributed by atoms with van der Waals surface area (Å²) < 4.78 is 1.94. The van der Waals surface area contributed by atoms with Crippen LogP contribution in [-0.2, 0) is 17.8 Å². The van der Waals surface area contributed by atoms with E-state index in [0.29, 0.717) is 13.0 Å². The zero-order valence-electron chi connectivity index (χ0n) is 12.2. The molecule has 2 aromatic rings. The molecule has 5 nitrogen and oxygen atoms in total. The van der Waals surface area contributed by atoms with E-state index in [1.807, 2.05) is 43.8 Å². The first-order valence-electron chi connectivity index (χ1n) is 6.70. The molecule has 1 amide bonds. The van der Waals surface area contributed by atoms with Gasteiger partial charge in [0.2, 0.25) is 5.91 Å². The van der Waals surface area contributed by atoms with Gasteiger partial charge < -0.3 is 4.90 Å². The van der Waals surface area contributed by atoms with Crippen LogP contribution in [-0.4, -0.2) is 39.2 Å². The molecule has 20 heavy (non-hydrogen) atoms. The maximum absolute atomic E-state index is 12.1. The van der Waals surface area contributed by atoms with Crippen molar-refractivity contribution in [1.29, 1.82) is 0 Å². The minimum atomic E-state index is 0.109. The van der Waals surface area contributed by atoms with Gasteiger partial charge >= 0.3 is 0 Å². The Kier molecular flexibility index (Phi) is 4.50. The number of pyridine rings is 1. The van der Waals surface area contributed by atoms with Crippen molar-refractivity contribution in [3.63, 3.8) is 0 Å². The molecule has 0 fully saturated rings. The van der Waals surface area contributed by atoms with Gasteiger partial charge in [0, 0.05) is 31.7 Å². The van der Waals surface area contributed by atoms with E-state index >= 15 is 0 Å². The van der Waals surface area contributed by atoms with E-state index in [4.69, 9.17) is 0 Å². The van der Waals surface area contributed by atoms with E-state index in [1.54, 1.807) is 17.3 Å². The number of likely N-dealkylation sites (N-methyl/N-ethyl adjacent to an activating group) is 1. The Morgan fingerprint density at radius 1 is 1.30 bits per heavy atom. The number of carbonyl (C=O) groups is 1. The van der Waals surface area contributed by atoms with E-state index in [2.05, 4.69) is 10.1 Å². The van der Waals surface area contributed by atoms with Crippen molar-refractivity contribution in [2.24, 2.45) is 0 Å². The van der Waals surface area contributed by atoms with Crippen LogP contribution >= 0.6 is 0 Å². The van der Waals surface area contributed by atoms with Gasteiger partial charge in [-0.2, -0.15) is 5.10 Å². The topological polar surface area (TPSA) is 51.0 Å². The smallest absolute Gasteiger partial charge is 0.226 e. The monoisotopic (exact) mass is 272 g/mol.